The van der Waals surface area contributed by atoms with Crippen molar-refractivity contribution in [3.63, 3.8) is 0 Å². The van der Waals surface area contributed by atoms with E-state index in [-0.39, 0.29) is 0 Å². The fourth-order valence-electron chi connectivity index (χ4n) is 1.62. The molecule has 90 valence electrons. The van der Waals surface area contributed by atoms with E-state index in [2.05, 4.69) is 4.98 Å². The molecule has 16 heavy (non-hydrogen) atoms. The number of rotatable bonds is 6. The van der Waals surface area contributed by atoms with Gasteiger partial charge in [0.1, 0.15) is 6.04 Å². The van der Waals surface area contributed by atoms with Gasteiger partial charge in [-0.15, -0.1) is 11.3 Å². The fourth-order valence-corrected chi connectivity index (χ4v) is 2.46. The molecule has 1 rings (SSSR count). The third-order valence-corrected chi connectivity index (χ3v) is 3.54. The van der Waals surface area contributed by atoms with Crippen LogP contribution in [0, 0.1) is 6.92 Å². The van der Waals surface area contributed by atoms with Crippen molar-refractivity contribution in [3.05, 3.63) is 16.1 Å². The summed E-state index contributed by atoms with van der Waals surface area (Å²) in [6.45, 7) is 4.62. The molecule has 0 saturated carbocycles. The first-order valence-electron chi connectivity index (χ1n) is 5.38. The zero-order valence-electron chi connectivity index (χ0n) is 9.93. The second-order valence-corrected chi connectivity index (χ2v) is 4.86. The van der Waals surface area contributed by atoms with E-state index in [4.69, 9.17) is 5.11 Å². The predicted molar refractivity (Wildman–Crippen MR) is 64.6 cm³/mol. The van der Waals surface area contributed by atoms with Crippen LogP contribution in [0.5, 0.6) is 0 Å². The quantitative estimate of drug-likeness (QED) is 0.830. The molecule has 4 nitrogen and oxygen atoms in total. The third kappa shape index (κ3) is 3.28. The van der Waals surface area contributed by atoms with E-state index in [9.17, 15) is 4.79 Å². The zero-order chi connectivity index (χ0) is 12.1. The summed E-state index contributed by atoms with van der Waals surface area (Å²) in [5.74, 6) is -0.744. The summed E-state index contributed by atoms with van der Waals surface area (Å²) in [4.78, 5) is 18.3. The van der Waals surface area contributed by atoms with Gasteiger partial charge in [-0.25, -0.2) is 4.98 Å². The van der Waals surface area contributed by atoms with Crippen molar-refractivity contribution < 1.29 is 9.90 Å². The van der Waals surface area contributed by atoms with E-state index in [0.717, 1.165) is 17.0 Å². The molecule has 0 aliphatic rings. The number of aromatic nitrogens is 1. The van der Waals surface area contributed by atoms with E-state index >= 15 is 0 Å². The van der Waals surface area contributed by atoms with E-state index in [1.165, 1.54) is 0 Å². The lowest BCUT2D eigenvalue weighted by Crippen LogP contribution is -2.37. The Labute approximate surface area is 99.9 Å². The number of likely N-dealkylation sites (N-methyl/N-ethyl adjacent to an activating group) is 1. The number of hydrogen-bond donors (Lipinski definition) is 1. The highest BCUT2D eigenvalue weighted by atomic mass is 32.1. The summed E-state index contributed by atoms with van der Waals surface area (Å²) < 4.78 is 0. The van der Waals surface area contributed by atoms with Crippen LogP contribution in [0.15, 0.2) is 5.51 Å². The Morgan fingerprint density at radius 3 is 2.81 bits per heavy atom. The number of aryl methyl sites for hydroxylation is 1. The average molecular weight is 242 g/mol. The van der Waals surface area contributed by atoms with Crippen LogP contribution in [0.4, 0.5) is 0 Å². The van der Waals surface area contributed by atoms with Crippen LogP contribution in [-0.4, -0.2) is 34.0 Å². The number of hydrogen-bond acceptors (Lipinski definition) is 4. The summed E-state index contributed by atoms with van der Waals surface area (Å²) in [6.07, 6.45) is 1.56. The molecule has 0 radical (unpaired) electrons. The molecule has 1 unspecified atom stereocenters. The van der Waals surface area contributed by atoms with E-state index in [0.29, 0.717) is 13.0 Å². The van der Waals surface area contributed by atoms with Gasteiger partial charge in [-0.2, -0.15) is 0 Å². The lowest BCUT2D eigenvalue weighted by atomic mass is 10.1. The standard InChI is InChI=1S/C11H18N2O2S/c1-4-5-9(11(14)15)13(3)6-10-8(2)12-7-16-10/h7,9H,4-6H2,1-3H3,(H,14,15). The van der Waals surface area contributed by atoms with Crippen molar-refractivity contribution in [2.45, 2.75) is 39.3 Å². The number of thiazole rings is 1. The van der Waals surface area contributed by atoms with Crippen LogP contribution in [-0.2, 0) is 11.3 Å². The largest absolute Gasteiger partial charge is 0.480 e. The van der Waals surface area contributed by atoms with E-state index < -0.39 is 12.0 Å². The zero-order valence-corrected chi connectivity index (χ0v) is 10.8. The Morgan fingerprint density at radius 2 is 2.38 bits per heavy atom. The van der Waals surface area contributed by atoms with Gasteiger partial charge in [0.05, 0.1) is 11.2 Å². The average Bonchev–Trinajstić information content (AvgIpc) is 2.60. The molecule has 1 aromatic rings. The minimum absolute atomic E-state index is 0.397. The number of carbonyl (C=O) groups is 1. The van der Waals surface area contributed by atoms with Gasteiger partial charge >= 0.3 is 5.97 Å². The van der Waals surface area contributed by atoms with Crippen LogP contribution in [0.2, 0.25) is 0 Å². The van der Waals surface area contributed by atoms with Gasteiger partial charge in [0.25, 0.3) is 0 Å². The summed E-state index contributed by atoms with van der Waals surface area (Å²) >= 11 is 1.58. The number of aliphatic carboxylic acids is 1. The number of carboxylic acid groups (broad SMARTS) is 1. The second kappa shape index (κ2) is 5.96. The Kier molecular flexibility index (Phi) is 4.89. The molecule has 0 fully saturated rings. The molecule has 0 amide bonds. The lowest BCUT2D eigenvalue weighted by molar-refractivity contribution is -0.143. The van der Waals surface area contributed by atoms with Crippen LogP contribution in [0.1, 0.15) is 30.3 Å². The van der Waals surface area contributed by atoms with Crippen molar-refractivity contribution >= 4 is 17.3 Å². The highest BCUT2D eigenvalue weighted by molar-refractivity contribution is 7.09. The van der Waals surface area contributed by atoms with Gasteiger partial charge in [0, 0.05) is 11.4 Å². The maximum absolute atomic E-state index is 11.1. The summed E-state index contributed by atoms with van der Waals surface area (Å²) in [5.41, 5.74) is 2.80. The van der Waals surface area contributed by atoms with Crippen molar-refractivity contribution in [1.29, 1.82) is 0 Å². The predicted octanol–water partition coefficient (Wildman–Crippen LogP) is 2.14. The molecule has 0 aliphatic carbocycles. The maximum Gasteiger partial charge on any atom is 0.320 e. The summed E-state index contributed by atoms with van der Waals surface area (Å²) in [6, 6.07) is -0.397. The first-order valence-corrected chi connectivity index (χ1v) is 6.26. The lowest BCUT2D eigenvalue weighted by Gasteiger charge is -2.23. The van der Waals surface area contributed by atoms with Gasteiger partial charge in [0.15, 0.2) is 0 Å². The molecular weight excluding hydrogens is 224 g/mol. The molecule has 0 aliphatic heterocycles. The van der Waals surface area contributed by atoms with E-state index in [1.54, 1.807) is 16.8 Å². The Hall–Kier alpha value is -0.940. The third-order valence-electron chi connectivity index (χ3n) is 2.62. The number of nitrogens with zero attached hydrogens (tertiary/aromatic N) is 2. The minimum Gasteiger partial charge on any atom is -0.480 e. The van der Waals surface area contributed by atoms with Crippen molar-refractivity contribution in [2.24, 2.45) is 0 Å². The Bertz CT molecular complexity index is 352. The SMILES string of the molecule is CCCC(C(=O)O)N(C)Cc1scnc1C. The van der Waals surface area contributed by atoms with Gasteiger partial charge in [-0.05, 0) is 20.4 Å². The summed E-state index contributed by atoms with van der Waals surface area (Å²) in [5, 5.41) is 9.12. The van der Waals surface area contributed by atoms with Crippen molar-refractivity contribution in [1.82, 2.24) is 9.88 Å². The molecule has 1 N–H and O–H groups in total. The van der Waals surface area contributed by atoms with Gasteiger partial charge in [0.2, 0.25) is 0 Å². The molecule has 1 aromatic heterocycles. The first kappa shape index (κ1) is 13.1. The molecule has 5 heteroatoms. The molecular formula is C11H18N2O2S. The smallest absolute Gasteiger partial charge is 0.320 e. The normalized spacial score (nSPS) is 13.0. The number of carboxylic acids is 1. The Morgan fingerprint density at radius 1 is 1.69 bits per heavy atom. The highest BCUT2D eigenvalue weighted by Crippen LogP contribution is 2.17. The topological polar surface area (TPSA) is 53.4 Å². The van der Waals surface area contributed by atoms with Crippen LogP contribution < -0.4 is 0 Å². The molecule has 0 bridgehead atoms. The molecule has 1 heterocycles. The summed E-state index contributed by atoms with van der Waals surface area (Å²) in [7, 11) is 1.85. The molecule has 1 atom stereocenters. The molecule has 0 spiro atoms. The molecule has 0 aromatic carbocycles. The fraction of sp³-hybridized carbons (Fsp3) is 0.636. The van der Waals surface area contributed by atoms with Gasteiger partial charge in [-0.3, -0.25) is 9.69 Å². The minimum atomic E-state index is -0.744. The second-order valence-electron chi connectivity index (χ2n) is 3.92. The van der Waals surface area contributed by atoms with Crippen LogP contribution in [0.3, 0.4) is 0 Å². The maximum atomic E-state index is 11.1. The van der Waals surface area contributed by atoms with E-state index in [1.807, 2.05) is 25.8 Å². The van der Waals surface area contributed by atoms with Gasteiger partial charge < -0.3 is 5.11 Å². The van der Waals surface area contributed by atoms with Gasteiger partial charge in [-0.1, -0.05) is 13.3 Å². The highest BCUT2D eigenvalue weighted by Gasteiger charge is 2.22. The first-order chi connectivity index (χ1) is 7.56. The van der Waals surface area contributed by atoms with Crippen LogP contribution >= 0.6 is 11.3 Å². The van der Waals surface area contributed by atoms with Crippen molar-refractivity contribution in [3.8, 4) is 0 Å². The molecule has 0 saturated heterocycles. The van der Waals surface area contributed by atoms with Crippen LogP contribution in [0.25, 0.3) is 0 Å². The van der Waals surface area contributed by atoms with Crippen molar-refractivity contribution in [2.75, 3.05) is 7.05 Å². The monoisotopic (exact) mass is 242 g/mol. The Balaban J connectivity index is 2.65.